The molecule has 4 amide bonds. The number of nitrogen functional groups attached to an aromatic ring is 2. The van der Waals surface area contributed by atoms with Gasteiger partial charge >= 0.3 is 18.0 Å². The van der Waals surface area contributed by atoms with Gasteiger partial charge in [-0.1, -0.05) is 5.16 Å². The summed E-state index contributed by atoms with van der Waals surface area (Å²) < 4.78 is 7.09. The molecule has 0 saturated carbocycles. The minimum absolute atomic E-state index is 0.00105. The first-order valence-electron chi connectivity index (χ1n) is 14.1. The Hall–Kier alpha value is -4.96. The molecule has 2 aromatic rings. The molecular weight excluding hydrogens is 660 g/mol. The maximum Gasteiger partial charge on any atom is 0.352 e. The number of amides is 4. The summed E-state index contributed by atoms with van der Waals surface area (Å²) in [6.45, 7) is 3.93. The summed E-state index contributed by atoms with van der Waals surface area (Å²) in [7, 11) is 1.64. The molecule has 0 bridgehead atoms. The summed E-state index contributed by atoms with van der Waals surface area (Å²) in [4.78, 5) is 73.1. The van der Waals surface area contributed by atoms with Gasteiger partial charge < -0.3 is 42.5 Å². The van der Waals surface area contributed by atoms with E-state index in [-0.39, 0.29) is 40.8 Å². The smallest absolute Gasteiger partial charge is 0.352 e. The van der Waals surface area contributed by atoms with E-state index in [1.807, 2.05) is 0 Å². The third-order valence-electron chi connectivity index (χ3n) is 7.57. The number of aromatic nitrogens is 4. The van der Waals surface area contributed by atoms with Gasteiger partial charge in [-0.15, -0.1) is 21.1 Å². The van der Waals surface area contributed by atoms with E-state index >= 15 is 0 Å². The molecule has 0 aromatic carbocycles. The molecule has 22 heteroatoms. The van der Waals surface area contributed by atoms with Crippen molar-refractivity contribution in [2.45, 2.75) is 49.9 Å². The third-order valence-corrected chi connectivity index (χ3v) is 9.45. The monoisotopic (exact) mass is 693 g/mol. The Balaban J connectivity index is 1.31. The highest BCUT2D eigenvalue weighted by Crippen LogP contribution is 2.40. The van der Waals surface area contributed by atoms with Crippen molar-refractivity contribution < 1.29 is 43.7 Å². The molecule has 5 heterocycles. The van der Waals surface area contributed by atoms with E-state index in [2.05, 4.69) is 35.8 Å². The number of anilines is 3. The van der Waals surface area contributed by atoms with E-state index in [1.165, 1.54) is 25.6 Å². The van der Waals surface area contributed by atoms with Crippen LogP contribution in [0.2, 0.25) is 0 Å². The van der Waals surface area contributed by atoms with E-state index in [0.717, 1.165) is 29.4 Å². The summed E-state index contributed by atoms with van der Waals surface area (Å²) in [5.74, 6) is -4.19. The molecule has 2 saturated heterocycles. The van der Waals surface area contributed by atoms with Gasteiger partial charge in [0.1, 0.15) is 17.1 Å². The first kappa shape index (κ1) is 33.4. The zero-order valence-electron chi connectivity index (χ0n) is 25.3. The Morgan fingerprint density at radius 2 is 2.00 bits per heavy atom. The second kappa shape index (κ2) is 13.0. The van der Waals surface area contributed by atoms with Crippen molar-refractivity contribution in [1.82, 2.24) is 34.9 Å². The van der Waals surface area contributed by atoms with Crippen LogP contribution >= 0.6 is 23.3 Å². The summed E-state index contributed by atoms with van der Waals surface area (Å²) in [5.41, 5.74) is 9.99. The van der Waals surface area contributed by atoms with Crippen LogP contribution in [0.4, 0.5) is 21.4 Å². The summed E-state index contributed by atoms with van der Waals surface area (Å²) in [5, 5.41) is 33.6. The lowest BCUT2D eigenvalue weighted by Gasteiger charge is -2.49. The summed E-state index contributed by atoms with van der Waals surface area (Å²) >= 11 is 1.98. The standard InChI is InChI=1S/C25H32N12O8S2/c1-25(2,22(42)43)45-33-13(17-32-23(27)47-34-17)18(38)31-14-19(39)37-15(21(40)41)10(9-46-20(14)37)7-36-8-12(16(26)35(36)3)30-24(44)29-11-4-5-28-6-11/h8,11,14,20,26,28H,4-7,9H2,1-3H3,(H7,27,29,30,31,32,34,38,40,41,42,43,44)/p+1/b33-13+/t11?,14-,20-/m1/s1. The van der Waals surface area contributed by atoms with Gasteiger partial charge in [-0.3, -0.25) is 19.8 Å². The third kappa shape index (κ3) is 6.78. The number of thioether (sulfide) groups is 1. The summed E-state index contributed by atoms with van der Waals surface area (Å²) in [6.07, 6.45) is 2.37. The molecule has 20 nitrogen and oxygen atoms in total. The van der Waals surface area contributed by atoms with Crippen LogP contribution in [0, 0.1) is 0 Å². The van der Waals surface area contributed by atoms with Crippen LogP contribution in [0.3, 0.4) is 0 Å². The van der Waals surface area contributed by atoms with Crippen molar-refractivity contribution in [1.29, 1.82) is 0 Å². The van der Waals surface area contributed by atoms with Crippen LogP contribution in [0.1, 0.15) is 26.1 Å². The highest BCUT2D eigenvalue weighted by Gasteiger charge is 2.55. The zero-order valence-corrected chi connectivity index (χ0v) is 27.0. The molecule has 10 N–H and O–H groups in total. The Labute approximate surface area is 274 Å². The number of nitrogens with two attached hydrogens (primary N) is 2. The second-order valence-corrected chi connectivity index (χ2v) is 13.1. The lowest BCUT2D eigenvalue weighted by Crippen LogP contribution is -2.71. The van der Waals surface area contributed by atoms with Gasteiger partial charge in [-0.25, -0.2) is 14.4 Å². The van der Waals surface area contributed by atoms with Crippen molar-refractivity contribution in [3.05, 3.63) is 23.3 Å². The minimum Gasteiger partial charge on any atom is -0.478 e. The van der Waals surface area contributed by atoms with Crippen LogP contribution in [-0.4, -0.2) is 107 Å². The maximum atomic E-state index is 13.3. The number of β-lactam (4-membered cyclic amide) rings is 1. The Morgan fingerprint density at radius 1 is 1.26 bits per heavy atom. The highest BCUT2D eigenvalue weighted by molar-refractivity contribution is 8.00. The van der Waals surface area contributed by atoms with Gasteiger partial charge in [0.15, 0.2) is 23.2 Å². The van der Waals surface area contributed by atoms with Gasteiger partial charge in [-0.05, 0) is 26.8 Å². The van der Waals surface area contributed by atoms with Gasteiger partial charge in [0, 0.05) is 35.4 Å². The Kier molecular flexibility index (Phi) is 9.27. The predicted octanol–water partition coefficient (Wildman–Crippen LogP) is -2.17. The number of nitrogens with one attached hydrogen (secondary N) is 4. The largest absolute Gasteiger partial charge is 0.478 e. The van der Waals surface area contributed by atoms with Crippen molar-refractivity contribution in [3.8, 4) is 0 Å². The summed E-state index contributed by atoms with van der Waals surface area (Å²) in [6, 6.07) is -1.59. The molecule has 47 heavy (non-hydrogen) atoms. The van der Waals surface area contributed by atoms with E-state index < -0.39 is 52.5 Å². The number of oxime groups is 1. The topological polar surface area (TPSA) is 285 Å². The molecule has 3 atom stereocenters. The van der Waals surface area contributed by atoms with Gasteiger partial charge in [0.2, 0.25) is 23.3 Å². The zero-order chi connectivity index (χ0) is 34.2. The van der Waals surface area contributed by atoms with E-state index in [9.17, 15) is 34.2 Å². The van der Waals surface area contributed by atoms with Crippen LogP contribution in [0.25, 0.3) is 0 Å². The van der Waals surface area contributed by atoms with E-state index in [4.69, 9.17) is 16.3 Å². The maximum absolute atomic E-state index is 13.3. The van der Waals surface area contributed by atoms with Crippen LogP contribution in [0.5, 0.6) is 0 Å². The quantitative estimate of drug-likeness (QED) is 0.0538. The van der Waals surface area contributed by atoms with Crippen LogP contribution in [0.15, 0.2) is 22.6 Å². The molecule has 5 rings (SSSR count). The number of carboxylic acid groups (broad SMARTS) is 2. The van der Waals surface area contributed by atoms with Crippen molar-refractivity contribution in [2.75, 3.05) is 35.6 Å². The number of nitrogens with zero attached hydrogens (tertiary/aromatic N) is 6. The molecule has 1 unspecified atom stereocenters. The fourth-order valence-corrected chi connectivity index (χ4v) is 6.68. The van der Waals surface area contributed by atoms with Crippen LogP contribution < -0.4 is 37.4 Å². The molecule has 2 aromatic heterocycles. The van der Waals surface area contributed by atoms with Gasteiger partial charge in [0.05, 0.1) is 7.05 Å². The van der Waals surface area contributed by atoms with E-state index in [1.54, 1.807) is 22.6 Å². The van der Waals surface area contributed by atoms with E-state index in [0.29, 0.717) is 17.8 Å². The number of carbonyl (C=O) groups is 5. The van der Waals surface area contributed by atoms with Gasteiger partial charge in [-0.2, -0.15) is 9.36 Å². The molecule has 0 radical (unpaired) electrons. The second-order valence-electron chi connectivity index (χ2n) is 11.3. The molecule has 0 spiro atoms. The van der Waals surface area contributed by atoms with Crippen molar-refractivity contribution in [2.24, 2.45) is 12.2 Å². The number of rotatable bonds is 11. The van der Waals surface area contributed by atoms with Gasteiger partial charge in [0.25, 0.3) is 11.8 Å². The first-order chi connectivity index (χ1) is 22.2. The average molecular weight is 694 g/mol. The fourth-order valence-electron chi connectivity index (χ4n) is 4.91. The minimum atomic E-state index is -1.82. The molecule has 0 aliphatic carbocycles. The Bertz CT molecular complexity index is 1700. The molecule has 252 valence electrons. The number of urea groups is 1. The number of aliphatic carboxylic acids is 2. The average Bonchev–Trinajstić information content (AvgIpc) is 3.74. The molecular formula is C25H33N12O8S2+. The lowest BCUT2D eigenvalue weighted by molar-refractivity contribution is -0.765. The predicted molar refractivity (Wildman–Crippen MR) is 167 cm³/mol. The van der Waals surface area contributed by atoms with Crippen molar-refractivity contribution >= 4 is 75.4 Å². The molecule has 3 aliphatic rings. The molecule has 2 fully saturated rings. The molecule has 3 aliphatic heterocycles. The number of carbonyl (C=O) groups excluding carboxylic acids is 3. The number of carboxylic acids is 2. The number of hydrogen-bond acceptors (Lipinski definition) is 14. The first-order valence-corrected chi connectivity index (χ1v) is 15.9. The Morgan fingerprint density at radius 3 is 2.62 bits per heavy atom. The van der Waals surface area contributed by atoms with Crippen LogP contribution in [-0.2, 0) is 37.6 Å². The normalized spacial score (nSPS) is 21.2. The lowest BCUT2D eigenvalue weighted by atomic mass is 10.0. The fraction of sp³-hybridized carbons (Fsp3) is 0.480. The van der Waals surface area contributed by atoms with Crippen molar-refractivity contribution in [3.63, 3.8) is 0 Å². The highest BCUT2D eigenvalue weighted by atomic mass is 32.2. The SMILES string of the molecule is Cn1c(N)c(NC(=O)NC2CCNC2)c[n+]1CC1=C(C(=O)O)N2C(=O)[C@@H](NC(=O)/C(=N/OC(C)(C)C(=O)O)c3nsc(N)n3)[C@H]2SC1. The number of fused-ring (bicyclic) bond motifs is 1. The number of hydrogen-bond donors (Lipinski definition) is 8.